The number of fused-ring (bicyclic) bond motifs is 1. The maximum atomic E-state index is 12.4. The Balaban J connectivity index is 1.66. The highest BCUT2D eigenvalue weighted by molar-refractivity contribution is 7.90. The van der Waals surface area contributed by atoms with Crippen molar-refractivity contribution in [3.8, 4) is 0 Å². The maximum Gasteiger partial charge on any atom is 0.261 e. The van der Waals surface area contributed by atoms with Crippen molar-refractivity contribution in [1.29, 1.82) is 0 Å². The number of hydrogen-bond donors (Lipinski definition) is 1. The molecule has 3 rings (SSSR count). The number of nitrogens with one attached hydrogen (secondary N) is 1. The van der Waals surface area contributed by atoms with E-state index in [2.05, 4.69) is 29.0 Å². The van der Waals surface area contributed by atoms with E-state index in [-0.39, 0.29) is 10.8 Å². The van der Waals surface area contributed by atoms with Crippen molar-refractivity contribution < 1.29 is 13.2 Å². The SMILES string of the molecule is CCN(CC)c1nc2sc(C(=O)NCc3ccc(S(C)(=O)=O)cc3)cc2s1. The minimum absolute atomic E-state index is 0.151. The molecule has 0 saturated heterocycles. The summed E-state index contributed by atoms with van der Waals surface area (Å²) in [5.41, 5.74) is 0.844. The van der Waals surface area contributed by atoms with Crippen LogP contribution in [0.5, 0.6) is 0 Å². The monoisotopic (exact) mass is 423 g/mol. The highest BCUT2D eigenvalue weighted by Gasteiger charge is 2.16. The molecule has 0 radical (unpaired) electrons. The molecular formula is C18H21N3O3S3. The summed E-state index contributed by atoms with van der Waals surface area (Å²) in [5.74, 6) is -0.151. The van der Waals surface area contributed by atoms with Gasteiger partial charge in [0.1, 0.15) is 4.83 Å². The number of thiophene rings is 1. The predicted octanol–water partition coefficient (Wildman–Crippen LogP) is 3.54. The molecule has 1 aromatic carbocycles. The molecule has 0 unspecified atom stereocenters. The summed E-state index contributed by atoms with van der Waals surface area (Å²) in [5, 5.41) is 3.86. The fourth-order valence-electron chi connectivity index (χ4n) is 2.59. The molecule has 27 heavy (non-hydrogen) atoms. The fourth-order valence-corrected chi connectivity index (χ4v) is 5.47. The molecule has 0 fully saturated rings. The zero-order valence-corrected chi connectivity index (χ0v) is 17.8. The molecule has 0 atom stereocenters. The lowest BCUT2D eigenvalue weighted by atomic mass is 10.2. The van der Waals surface area contributed by atoms with Crippen molar-refractivity contribution in [3.63, 3.8) is 0 Å². The predicted molar refractivity (Wildman–Crippen MR) is 112 cm³/mol. The number of hydrogen-bond acceptors (Lipinski definition) is 7. The number of carbonyl (C=O) groups excluding carboxylic acids is 1. The van der Waals surface area contributed by atoms with Crippen LogP contribution in [0.2, 0.25) is 0 Å². The summed E-state index contributed by atoms with van der Waals surface area (Å²) in [6.45, 7) is 6.35. The first-order valence-corrected chi connectivity index (χ1v) is 12.1. The van der Waals surface area contributed by atoms with Crippen LogP contribution in [-0.4, -0.2) is 38.7 Å². The Kier molecular flexibility index (Phi) is 5.83. The van der Waals surface area contributed by atoms with E-state index in [0.717, 1.165) is 33.3 Å². The minimum Gasteiger partial charge on any atom is -0.349 e. The Labute approximate surface area is 166 Å². The molecule has 0 aliphatic rings. The Morgan fingerprint density at radius 3 is 2.37 bits per heavy atom. The Hall–Kier alpha value is -1.97. The number of thiazole rings is 1. The van der Waals surface area contributed by atoms with Gasteiger partial charge in [-0.05, 0) is 37.6 Å². The molecule has 0 spiro atoms. The zero-order chi connectivity index (χ0) is 19.6. The van der Waals surface area contributed by atoms with Crippen LogP contribution < -0.4 is 10.2 Å². The Morgan fingerprint density at radius 2 is 1.81 bits per heavy atom. The van der Waals surface area contributed by atoms with Crippen LogP contribution in [0.1, 0.15) is 29.1 Å². The molecule has 1 amide bonds. The third kappa shape index (κ3) is 4.48. The molecule has 0 bridgehead atoms. The third-order valence-corrected chi connectivity index (χ3v) is 7.49. The van der Waals surface area contributed by atoms with Gasteiger partial charge in [-0.15, -0.1) is 11.3 Å². The average Bonchev–Trinajstić information content (AvgIpc) is 3.19. The van der Waals surface area contributed by atoms with Gasteiger partial charge >= 0.3 is 0 Å². The number of aromatic nitrogens is 1. The largest absolute Gasteiger partial charge is 0.349 e. The average molecular weight is 424 g/mol. The second-order valence-corrected chi connectivity index (χ2v) is 10.1. The van der Waals surface area contributed by atoms with E-state index < -0.39 is 9.84 Å². The molecule has 0 aliphatic heterocycles. The van der Waals surface area contributed by atoms with Gasteiger partial charge in [-0.1, -0.05) is 23.5 Å². The quantitative estimate of drug-likeness (QED) is 0.629. The molecule has 0 saturated carbocycles. The van der Waals surface area contributed by atoms with Gasteiger partial charge in [-0.25, -0.2) is 13.4 Å². The molecule has 6 nitrogen and oxygen atoms in total. The van der Waals surface area contributed by atoms with Gasteiger partial charge in [-0.2, -0.15) is 0 Å². The highest BCUT2D eigenvalue weighted by atomic mass is 32.2. The normalized spacial score (nSPS) is 11.7. The first-order chi connectivity index (χ1) is 12.8. The van der Waals surface area contributed by atoms with Crippen LogP contribution in [0.25, 0.3) is 9.53 Å². The van der Waals surface area contributed by atoms with E-state index in [0.29, 0.717) is 11.4 Å². The number of benzene rings is 1. The number of carbonyl (C=O) groups is 1. The number of nitrogens with zero attached hydrogens (tertiary/aromatic N) is 2. The molecule has 1 N–H and O–H groups in total. The molecule has 9 heteroatoms. The van der Waals surface area contributed by atoms with Gasteiger partial charge in [0.15, 0.2) is 15.0 Å². The first kappa shape index (κ1) is 19.8. The van der Waals surface area contributed by atoms with Crippen molar-refractivity contribution in [2.75, 3.05) is 24.2 Å². The summed E-state index contributed by atoms with van der Waals surface area (Å²) in [4.78, 5) is 21.0. The molecule has 0 aliphatic carbocycles. The second kappa shape index (κ2) is 7.95. The summed E-state index contributed by atoms with van der Waals surface area (Å²) in [6, 6.07) is 8.41. The van der Waals surface area contributed by atoms with Crippen LogP contribution in [-0.2, 0) is 16.4 Å². The van der Waals surface area contributed by atoms with Crippen LogP contribution in [0.3, 0.4) is 0 Å². The lowest BCUT2D eigenvalue weighted by molar-refractivity contribution is 0.0955. The smallest absolute Gasteiger partial charge is 0.261 e. The molecule has 3 aromatic rings. The fraction of sp³-hybridized carbons (Fsp3) is 0.333. The van der Waals surface area contributed by atoms with Gasteiger partial charge in [0.2, 0.25) is 0 Å². The summed E-state index contributed by atoms with van der Waals surface area (Å²) >= 11 is 2.99. The van der Waals surface area contributed by atoms with E-state index in [1.54, 1.807) is 35.6 Å². The van der Waals surface area contributed by atoms with Crippen molar-refractivity contribution >= 4 is 53.1 Å². The van der Waals surface area contributed by atoms with Gasteiger partial charge in [-0.3, -0.25) is 4.79 Å². The van der Waals surface area contributed by atoms with E-state index in [1.165, 1.54) is 17.6 Å². The van der Waals surface area contributed by atoms with Gasteiger partial charge in [0.25, 0.3) is 5.91 Å². The Morgan fingerprint density at radius 1 is 1.15 bits per heavy atom. The third-order valence-electron chi connectivity index (χ3n) is 4.14. The van der Waals surface area contributed by atoms with Gasteiger partial charge in [0.05, 0.1) is 14.5 Å². The number of amides is 1. The van der Waals surface area contributed by atoms with Crippen LogP contribution in [0.4, 0.5) is 5.13 Å². The Bertz CT molecular complexity index is 1020. The van der Waals surface area contributed by atoms with E-state index in [9.17, 15) is 13.2 Å². The van der Waals surface area contributed by atoms with Crippen molar-refractivity contribution in [3.05, 3.63) is 40.8 Å². The van der Waals surface area contributed by atoms with Crippen molar-refractivity contribution in [2.24, 2.45) is 0 Å². The van der Waals surface area contributed by atoms with Crippen molar-refractivity contribution in [1.82, 2.24) is 10.3 Å². The van der Waals surface area contributed by atoms with E-state index >= 15 is 0 Å². The van der Waals surface area contributed by atoms with Crippen LogP contribution in [0, 0.1) is 0 Å². The van der Waals surface area contributed by atoms with Crippen LogP contribution in [0.15, 0.2) is 35.2 Å². The number of rotatable bonds is 7. The molecular weight excluding hydrogens is 402 g/mol. The minimum atomic E-state index is -3.21. The summed E-state index contributed by atoms with van der Waals surface area (Å²) < 4.78 is 24.0. The summed E-state index contributed by atoms with van der Waals surface area (Å²) in [6.07, 6.45) is 1.17. The van der Waals surface area contributed by atoms with Crippen molar-refractivity contribution in [2.45, 2.75) is 25.3 Å². The standard InChI is InChI=1S/C18H21N3O3S3/c1-4-21(5-2)18-20-17-15(26-18)10-14(25-17)16(22)19-11-12-6-8-13(9-7-12)27(3,23)24/h6-10H,4-5,11H2,1-3H3,(H,19,22). The second-order valence-electron chi connectivity index (χ2n) is 6.05. The van der Waals surface area contributed by atoms with E-state index in [1.807, 2.05) is 6.07 Å². The topological polar surface area (TPSA) is 79.4 Å². The maximum absolute atomic E-state index is 12.4. The molecule has 2 heterocycles. The summed E-state index contributed by atoms with van der Waals surface area (Å²) in [7, 11) is -3.21. The van der Waals surface area contributed by atoms with E-state index in [4.69, 9.17) is 0 Å². The lowest BCUT2D eigenvalue weighted by Crippen LogP contribution is -2.22. The number of sulfone groups is 1. The zero-order valence-electron chi connectivity index (χ0n) is 15.4. The first-order valence-electron chi connectivity index (χ1n) is 8.54. The highest BCUT2D eigenvalue weighted by Crippen LogP contribution is 2.34. The molecule has 144 valence electrons. The van der Waals surface area contributed by atoms with Gasteiger partial charge in [0, 0.05) is 25.9 Å². The van der Waals surface area contributed by atoms with Crippen LogP contribution >= 0.6 is 22.7 Å². The molecule has 2 aromatic heterocycles. The number of anilines is 1. The lowest BCUT2D eigenvalue weighted by Gasteiger charge is -2.16. The van der Waals surface area contributed by atoms with Gasteiger partial charge < -0.3 is 10.2 Å².